The van der Waals surface area contributed by atoms with Gasteiger partial charge in [0, 0.05) is 34.6 Å². The van der Waals surface area contributed by atoms with Crippen molar-refractivity contribution < 1.29 is 0 Å². The van der Waals surface area contributed by atoms with Crippen LogP contribution in [0.3, 0.4) is 0 Å². The minimum atomic E-state index is 0.836. The minimum absolute atomic E-state index is 0.836. The maximum atomic E-state index is 5.58. The fourth-order valence-electron chi connectivity index (χ4n) is 3.01. The molecule has 24 heavy (non-hydrogen) atoms. The second kappa shape index (κ2) is 7.81. The molecule has 2 aromatic heterocycles. The molecule has 3 nitrogen and oxygen atoms in total. The number of nitrogens with one attached hydrogen (secondary N) is 2. The standard InChI is InChI=1S/C19H23N3S2/c1-3-20-19(23)22(13-15-7-6-12-24-15)11-10-16-14(2)21-18-9-5-4-8-17(16)18/h4-9,12,21H,3,10-11,13H2,1-2H3,(H,20,23). The van der Waals surface area contributed by atoms with E-state index in [1.54, 1.807) is 11.3 Å². The summed E-state index contributed by atoms with van der Waals surface area (Å²) in [5.74, 6) is 0. The van der Waals surface area contributed by atoms with Crippen molar-refractivity contribution in [3.63, 3.8) is 0 Å². The lowest BCUT2D eigenvalue weighted by Crippen LogP contribution is -2.40. The molecule has 3 rings (SSSR count). The van der Waals surface area contributed by atoms with E-state index < -0.39 is 0 Å². The first-order valence-electron chi connectivity index (χ1n) is 8.30. The predicted molar refractivity (Wildman–Crippen MR) is 108 cm³/mol. The highest BCUT2D eigenvalue weighted by atomic mass is 32.1. The van der Waals surface area contributed by atoms with Gasteiger partial charge >= 0.3 is 0 Å². The molecule has 2 N–H and O–H groups in total. The van der Waals surface area contributed by atoms with Crippen LogP contribution in [0.15, 0.2) is 41.8 Å². The quantitative estimate of drug-likeness (QED) is 0.638. The molecule has 0 atom stereocenters. The molecule has 126 valence electrons. The zero-order valence-corrected chi connectivity index (χ0v) is 15.8. The largest absolute Gasteiger partial charge is 0.363 e. The number of hydrogen-bond donors (Lipinski definition) is 2. The Bertz CT molecular complexity index is 805. The molecule has 0 aliphatic carbocycles. The highest BCUT2D eigenvalue weighted by Gasteiger charge is 2.13. The second-order valence-corrected chi connectivity index (χ2v) is 7.28. The van der Waals surface area contributed by atoms with Crippen LogP contribution in [-0.2, 0) is 13.0 Å². The van der Waals surface area contributed by atoms with Crippen molar-refractivity contribution in [2.24, 2.45) is 0 Å². The Kier molecular flexibility index (Phi) is 5.53. The third-order valence-electron chi connectivity index (χ3n) is 4.20. The number of fused-ring (bicyclic) bond motifs is 1. The number of H-pyrrole nitrogens is 1. The first-order valence-corrected chi connectivity index (χ1v) is 9.59. The summed E-state index contributed by atoms with van der Waals surface area (Å²) in [5, 5.41) is 7.57. The van der Waals surface area contributed by atoms with E-state index >= 15 is 0 Å². The van der Waals surface area contributed by atoms with Gasteiger partial charge in [-0.2, -0.15) is 0 Å². The maximum absolute atomic E-state index is 5.58. The number of hydrogen-bond acceptors (Lipinski definition) is 2. The van der Waals surface area contributed by atoms with Crippen LogP contribution in [0.5, 0.6) is 0 Å². The van der Waals surface area contributed by atoms with Gasteiger partial charge in [-0.25, -0.2) is 0 Å². The van der Waals surface area contributed by atoms with Gasteiger partial charge in [-0.1, -0.05) is 24.3 Å². The minimum Gasteiger partial charge on any atom is -0.363 e. The highest BCUT2D eigenvalue weighted by molar-refractivity contribution is 7.80. The molecule has 1 aromatic carbocycles. The van der Waals surface area contributed by atoms with E-state index in [4.69, 9.17) is 12.2 Å². The van der Waals surface area contributed by atoms with Gasteiger partial charge in [-0.15, -0.1) is 11.3 Å². The molecule has 0 unspecified atom stereocenters. The number of thiocarbonyl (C=S) groups is 1. The van der Waals surface area contributed by atoms with E-state index in [0.29, 0.717) is 0 Å². The molecule has 0 saturated carbocycles. The van der Waals surface area contributed by atoms with E-state index in [-0.39, 0.29) is 0 Å². The molecule has 0 aliphatic rings. The lowest BCUT2D eigenvalue weighted by molar-refractivity contribution is 0.414. The first kappa shape index (κ1) is 17.0. The van der Waals surface area contributed by atoms with Gasteiger partial charge in [-0.3, -0.25) is 0 Å². The van der Waals surface area contributed by atoms with Crippen molar-refractivity contribution in [1.82, 2.24) is 15.2 Å². The highest BCUT2D eigenvalue weighted by Crippen LogP contribution is 2.23. The second-order valence-electron chi connectivity index (χ2n) is 5.86. The molecule has 2 heterocycles. The Balaban J connectivity index is 1.76. The zero-order valence-electron chi connectivity index (χ0n) is 14.1. The van der Waals surface area contributed by atoms with E-state index in [0.717, 1.165) is 31.2 Å². The summed E-state index contributed by atoms with van der Waals surface area (Å²) in [4.78, 5) is 7.09. The van der Waals surface area contributed by atoms with Crippen LogP contribution in [0.4, 0.5) is 0 Å². The summed E-state index contributed by atoms with van der Waals surface area (Å²) in [6.07, 6.45) is 0.979. The normalized spacial score (nSPS) is 10.9. The van der Waals surface area contributed by atoms with Crippen molar-refractivity contribution in [3.8, 4) is 0 Å². The molecule has 0 amide bonds. The third kappa shape index (κ3) is 3.79. The summed E-state index contributed by atoms with van der Waals surface area (Å²) >= 11 is 7.36. The van der Waals surface area contributed by atoms with E-state index in [9.17, 15) is 0 Å². The Morgan fingerprint density at radius 2 is 2.08 bits per heavy atom. The number of aromatic amines is 1. The third-order valence-corrected chi connectivity index (χ3v) is 5.46. The van der Waals surface area contributed by atoms with Crippen molar-refractivity contribution in [2.45, 2.75) is 26.8 Å². The summed E-state index contributed by atoms with van der Waals surface area (Å²) < 4.78 is 0. The molecule has 0 radical (unpaired) electrons. The Labute approximate surface area is 152 Å². The van der Waals surface area contributed by atoms with Crippen LogP contribution in [0, 0.1) is 6.92 Å². The summed E-state index contributed by atoms with van der Waals surface area (Å²) in [6.45, 7) is 6.87. The monoisotopic (exact) mass is 357 g/mol. The van der Waals surface area contributed by atoms with Gasteiger partial charge in [0.1, 0.15) is 0 Å². The number of thiophene rings is 1. The topological polar surface area (TPSA) is 31.1 Å². The average molecular weight is 358 g/mol. The first-order chi connectivity index (χ1) is 11.7. The molecule has 0 bridgehead atoms. The van der Waals surface area contributed by atoms with Gasteiger partial charge in [0.2, 0.25) is 0 Å². The lowest BCUT2D eigenvalue weighted by Gasteiger charge is -2.25. The van der Waals surface area contributed by atoms with E-state index in [2.05, 4.69) is 70.8 Å². The number of aryl methyl sites for hydroxylation is 1. The van der Waals surface area contributed by atoms with Gasteiger partial charge in [-0.05, 0) is 55.6 Å². The van der Waals surface area contributed by atoms with Gasteiger partial charge in [0.15, 0.2) is 5.11 Å². The number of rotatable bonds is 6. The molecule has 0 fully saturated rings. The lowest BCUT2D eigenvalue weighted by atomic mass is 10.1. The van der Waals surface area contributed by atoms with Gasteiger partial charge in [0.05, 0.1) is 6.54 Å². The SMILES string of the molecule is CCNC(=S)N(CCc1c(C)[nH]c2ccccc12)Cc1cccs1. The number of nitrogens with zero attached hydrogens (tertiary/aromatic N) is 1. The van der Waals surface area contributed by atoms with Crippen LogP contribution >= 0.6 is 23.6 Å². The fraction of sp³-hybridized carbons (Fsp3) is 0.316. The Hall–Kier alpha value is -1.85. The van der Waals surface area contributed by atoms with Gasteiger partial charge in [0.25, 0.3) is 0 Å². The molecule has 0 spiro atoms. The predicted octanol–water partition coefficient (Wildman–Crippen LogP) is 4.48. The smallest absolute Gasteiger partial charge is 0.169 e. The molecule has 3 aromatic rings. The number of para-hydroxylation sites is 1. The summed E-state index contributed by atoms with van der Waals surface area (Å²) in [5.41, 5.74) is 3.85. The van der Waals surface area contributed by atoms with Gasteiger partial charge < -0.3 is 15.2 Å². The van der Waals surface area contributed by atoms with Crippen LogP contribution in [-0.4, -0.2) is 28.1 Å². The average Bonchev–Trinajstić information content (AvgIpc) is 3.19. The van der Waals surface area contributed by atoms with E-state index in [1.165, 1.54) is 27.0 Å². The summed E-state index contributed by atoms with van der Waals surface area (Å²) in [7, 11) is 0. The van der Waals surface area contributed by atoms with Crippen molar-refractivity contribution in [1.29, 1.82) is 0 Å². The van der Waals surface area contributed by atoms with E-state index in [1.807, 2.05) is 0 Å². The molecule has 0 aliphatic heterocycles. The molecular weight excluding hydrogens is 334 g/mol. The van der Waals surface area contributed by atoms with Crippen LogP contribution in [0.1, 0.15) is 23.1 Å². The van der Waals surface area contributed by atoms with Crippen LogP contribution in [0.2, 0.25) is 0 Å². The van der Waals surface area contributed by atoms with Crippen LogP contribution in [0.25, 0.3) is 10.9 Å². The van der Waals surface area contributed by atoms with Crippen molar-refractivity contribution in [3.05, 3.63) is 57.9 Å². The number of aromatic nitrogens is 1. The Morgan fingerprint density at radius 1 is 1.25 bits per heavy atom. The molecular formula is C19H23N3S2. The zero-order chi connectivity index (χ0) is 16.9. The van der Waals surface area contributed by atoms with Crippen molar-refractivity contribution >= 4 is 39.6 Å². The number of benzene rings is 1. The Morgan fingerprint density at radius 3 is 2.83 bits per heavy atom. The van der Waals surface area contributed by atoms with Crippen molar-refractivity contribution in [2.75, 3.05) is 13.1 Å². The molecule has 5 heteroatoms. The fourth-order valence-corrected chi connectivity index (χ4v) is 4.03. The molecule has 0 saturated heterocycles. The summed E-state index contributed by atoms with van der Waals surface area (Å²) in [6, 6.07) is 12.8. The maximum Gasteiger partial charge on any atom is 0.169 e. The van der Waals surface area contributed by atoms with Crippen LogP contribution < -0.4 is 5.32 Å².